The Morgan fingerprint density at radius 1 is 1.17 bits per heavy atom. The maximum Gasteiger partial charge on any atom is 0.229 e. The predicted molar refractivity (Wildman–Crippen MR) is 73.1 cm³/mol. The van der Waals surface area contributed by atoms with Gasteiger partial charge in [0.05, 0.1) is 0 Å². The molecule has 0 N–H and O–H groups in total. The van der Waals surface area contributed by atoms with Crippen LogP contribution in [0.4, 0.5) is 0 Å². The van der Waals surface area contributed by atoms with Gasteiger partial charge in [-0.25, -0.2) is 0 Å². The Morgan fingerprint density at radius 3 is 2.72 bits per heavy atom. The second-order valence-electron chi connectivity index (χ2n) is 4.99. The van der Waals surface area contributed by atoms with Gasteiger partial charge in [-0.15, -0.1) is 6.58 Å². The van der Waals surface area contributed by atoms with Gasteiger partial charge in [-0.3, -0.25) is 14.5 Å². The average Bonchev–Trinajstić information content (AvgIpc) is 2.58. The number of hydrogen-bond donors (Lipinski definition) is 0. The zero-order valence-corrected chi connectivity index (χ0v) is 11.3. The van der Waals surface area contributed by atoms with Crippen molar-refractivity contribution in [1.82, 2.24) is 4.90 Å². The van der Waals surface area contributed by atoms with Gasteiger partial charge in [0.15, 0.2) is 0 Å². The summed E-state index contributed by atoms with van der Waals surface area (Å²) < 4.78 is 0. The van der Waals surface area contributed by atoms with Gasteiger partial charge in [-0.2, -0.15) is 0 Å². The summed E-state index contributed by atoms with van der Waals surface area (Å²) in [5, 5.41) is 0. The fourth-order valence-electron chi connectivity index (χ4n) is 2.30. The lowest BCUT2D eigenvalue weighted by Gasteiger charge is -2.18. The molecule has 1 rings (SSSR count). The van der Waals surface area contributed by atoms with Crippen molar-refractivity contribution < 1.29 is 9.59 Å². The molecule has 0 bridgehead atoms. The summed E-state index contributed by atoms with van der Waals surface area (Å²) in [7, 11) is 0. The van der Waals surface area contributed by atoms with Crippen LogP contribution < -0.4 is 0 Å². The number of hydrogen-bond acceptors (Lipinski definition) is 2. The van der Waals surface area contributed by atoms with E-state index in [9.17, 15) is 9.59 Å². The third-order valence-electron chi connectivity index (χ3n) is 3.42. The molecule has 0 radical (unpaired) electrons. The van der Waals surface area contributed by atoms with Gasteiger partial charge in [-0.1, -0.05) is 25.3 Å². The van der Waals surface area contributed by atoms with Crippen LogP contribution >= 0.6 is 0 Å². The van der Waals surface area contributed by atoms with E-state index in [1.54, 1.807) is 0 Å². The molecule has 1 aliphatic heterocycles. The minimum absolute atomic E-state index is 0.0316. The molecule has 3 nitrogen and oxygen atoms in total. The fourth-order valence-corrected chi connectivity index (χ4v) is 2.30. The maximum atomic E-state index is 11.9. The highest BCUT2D eigenvalue weighted by Crippen LogP contribution is 2.14. The number of allylic oxidation sites excluding steroid dienone is 1. The van der Waals surface area contributed by atoms with E-state index < -0.39 is 0 Å². The maximum absolute atomic E-state index is 11.9. The SMILES string of the molecule is C=CCCCCCCC(=O)N1CCCCCC1=O. The van der Waals surface area contributed by atoms with E-state index in [1.807, 2.05) is 6.08 Å². The summed E-state index contributed by atoms with van der Waals surface area (Å²) in [6.45, 7) is 4.32. The zero-order valence-electron chi connectivity index (χ0n) is 11.3. The van der Waals surface area contributed by atoms with E-state index in [-0.39, 0.29) is 11.8 Å². The monoisotopic (exact) mass is 251 g/mol. The van der Waals surface area contributed by atoms with Crippen LogP contribution in [0.3, 0.4) is 0 Å². The molecule has 0 spiro atoms. The van der Waals surface area contributed by atoms with E-state index in [4.69, 9.17) is 0 Å². The van der Waals surface area contributed by atoms with Crippen molar-refractivity contribution in [1.29, 1.82) is 0 Å². The Morgan fingerprint density at radius 2 is 1.94 bits per heavy atom. The van der Waals surface area contributed by atoms with Crippen molar-refractivity contribution in [3.63, 3.8) is 0 Å². The molecule has 0 aromatic carbocycles. The molecule has 0 aromatic rings. The quantitative estimate of drug-likeness (QED) is 0.513. The summed E-state index contributed by atoms with van der Waals surface area (Å²) in [5.74, 6) is 0.0646. The Balaban J connectivity index is 2.18. The van der Waals surface area contributed by atoms with Gasteiger partial charge in [-0.05, 0) is 32.1 Å². The van der Waals surface area contributed by atoms with Crippen molar-refractivity contribution in [3.8, 4) is 0 Å². The standard InChI is InChI=1S/C15H25NO2/c1-2-3-4-5-6-8-11-14(17)16-13-10-7-9-12-15(16)18/h2H,1,3-13H2. The molecular formula is C15H25NO2. The van der Waals surface area contributed by atoms with E-state index in [2.05, 4.69) is 6.58 Å². The summed E-state index contributed by atoms with van der Waals surface area (Å²) in [5.41, 5.74) is 0. The fraction of sp³-hybridized carbons (Fsp3) is 0.733. The molecule has 2 amide bonds. The van der Waals surface area contributed by atoms with Gasteiger partial charge in [0, 0.05) is 19.4 Å². The van der Waals surface area contributed by atoms with Crippen LogP contribution in [0.1, 0.15) is 64.2 Å². The predicted octanol–water partition coefficient (Wildman–Crippen LogP) is 3.44. The zero-order chi connectivity index (χ0) is 13.2. The number of rotatable bonds is 7. The van der Waals surface area contributed by atoms with Crippen LogP contribution in [-0.4, -0.2) is 23.3 Å². The van der Waals surface area contributed by atoms with E-state index in [0.29, 0.717) is 19.4 Å². The first-order valence-corrected chi connectivity index (χ1v) is 7.20. The number of likely N-dealkylation sites (tertiary alicyclic amines) is 1. The number of imide groups is 1. The Labute approximate surface area is 110 Å². The van der Waals surface area contributed by atoms with Crippen LogP contribution in [0.25, 0.3) is 0 Å². The minimum atomic E-state index is 0.0316. The van der Waals surface area contributed by atoms with Gasteiger partial charge in [0.2, 0.25) is 11.8 Å². The molecule has 0 saturated carbocycles. The van der Waals surface area contributed by atoms with Crippen molar-refractivity contribution in [2.45, 2.75) is 64.2 Å². The third kappa shape index (κ3) is 5.48. The second kappa shape index (κ2) is 8.90. The average molecular weight is 251 g/mol. The highest BCUT2D eigenvalue weighted by Gasteiger charge is 2.22. The van der Waals surface area contributed by atoms with Crippen LogP contribution in [0.2, 0.25) is 0 Å². The summed E-state index contributed by atoms with van der Waals surface area (Å²) in [4.78, 5) is 25.1. The number of nitrogens with zero attached hydrogens (tertiary/aromatic N) is 1. The van der Waals surface area contributed by atoms with E-state index >= 15 is 0 Å². The highest BCUT2D eigenvalue weighted by atomic mass is 16.2. The number of carbonyl (C=O) groups excluding carboxylic acids is 2. The lowest BCUT2D eigenvalue weighted by atomic mass is 10.1. The molecular weight excluding hydrogens is 226 g/mol. The highest BCUT2D eigenvalue weighted by molar-refractivity contribution is 5.95. The van der Waals surface area contributed by atoms with Crippen molar-refractivity contribution in [2.24, 2.45) is 0 Å². The lowest BCUT2D eigenvalue weighted by Crippen LogP contribution is -2.36. The molecule has 1 aliphatic rings. The van der Waals surface area contributed by atoms with E-state index in [1.165, 1.54) is 4.90 Å². The Hall–Kier alpha value is -1.12. The molecule has 1 saturated heterocycles. The van der Waals surface area contributed by atoms with E-state index in [0.717, 1.165) is 51.4 Å². The van der Waals surface area contributed by atoms with Gasteiger partial charge < -0.3 is 0 Å². The molecule has 0 aromatic heterocycles. The smallest absolute Gasteiger partial charge is 0.229 e. The molecule has 1 heterocycles. The lowest BCUT2D eigenvalue weighted by molar-refractivity contribution is -0.144. The molecule has 1 fully saturated rings. The first-order valence-electron chi connectivity index (χ1n) is 7.20. The van der Waals surface area contributed by atoms with Crippen molar-refractivity contribution >= 4 is 11.8 Å². The van der Waals surface area contributed by atoms with Crippen LogP contribution in [0.15, 0.2) is 12.7 Å². The first-order chi connectivity index (χ1) is 8.75. The number of unbranched alkanes of at least 4 members (excludes halogenated alkanes) is 4. The van der Waals surface area contributed by atoms with Gasteiger partial charge in [0.25, 0.3) is 0 Å². The topological polar surface area (TPSA) is 37.4 Å². The van der Waals surface area contributed by atoms with Crippen LogP contribution in [0, 0.1) is 0 Å². The van der Waals surface area contributed by atoms with Crippen molar-refractivity contribution in [3.05, 3.63) is 12.7 Å². The second-order valence-corrected chi connectivity index (χ2v) is 4.99. The molecule has 0 unspecified atom stereocenters. The molecule has 18 heavy (non-hydrogen) atoms. The Kier molecular flexibility index (Phi) is 7.38. The van der Waals surface area contributed by atoms with Crippen molar-refractivity contribution in [2.75, 3.05) is 6.54 Å². The Bertz CT molecular complexity index is 286. The van der Waals surface area contributed by atoms with Gasteiger partial charge >= 0.3 is 0 Å². The van der Waals surface area contributed by atoms with Crippen LogP contribution in [-0.2, 0) is 9.59 Å². The molecule has 102 valence electrons. The number of amides is 2. The molecule has 3 heteroatoms. The number of carbonyl (C=O) groups is 2. The van der Waals surface area contributed by atoms with Gasteiger partial charge in [0.1, 0.15) is 0 Å². The first kappa shape index (κ1) is 14.9. The summed E-state index contributed by atoms with van der Waals surface area (Å²) >= 11 is 0. The third-order valence-corrected chi connectivity index (χ3v) is 3.42. The molecule has 0 atom stereocenters. The molecule has 0 aliphatic carbocycles. The minimum Gasteiger partial charge on any atom is -0.283 e. The largest absolute Gasteiger partial charge is 0.283 e. The summed E-state index contributed by atoms with van der Waals surface area (Å²) in [6.07, 6.45) is 11.3. The summed E-state index contributed by atoms with van der Waals surface area (Å²) in [6, 6.07) is 0. The van der Waals surface area contributed by atoms with Crippen LogP contribution in [0.5, 0.6) is 0 Å². The normalized spacial score (nSPS) is 16.4.